The van der Waals surface area contributed by atoms with E-state index in [0.717, 1.165) is 0 Å². The number of hydrogen-bond donors (Lipinski definition) is 0. The summed E-state index contributed by atoms with van der Waals surface area (Å²) in [5, 5.41) is 10.2. The molecule has 0 radical (unpaired) electrons. The fourth-order valence-electron chi connectivity index (χ4n) is 14.3. The van der Waals surface area contributed by atoms with Gasteiger partial charge in [-0.2, -0.15) is 0 Å². The average Bonchev–Trinajstić information content (AvgIpc) is 1.49. The molecular weight excluding hydrogens is 1030 g/mol. The van der Waals surface area contributed by atoms with Gasteiger partial charge in [-0.05, 0) is 247 Å². The van der Waals surface area contributed by atoms with Gasteiger partial charge in [0.05, 0.1) is 0 Å². The second kappa shape index (κ2) is 19.2. The molecule has 0 nitrogen and oxygen atoms in total. The summed E-state index contributed by atoms with van der Waals surface area (Å²) < 4.78 is 0. The predicted molar refractivity (Wildman–Crippen MR) is 373 cm³/mol. The summed E-state index contributed by atoms with van der Waals surface area (Å²) in [6, 6.07) is 89.4. The molecule has 2 aliphatic rings. The summed E-state index contributed by atoms with van der Waals surface area (Å²) in [5.41, 5.74) is 30.2. The number of hydrogen-bond acceptors (Lipinski definition) is 0. The molecule has 13 aromatic rings. The second-order valence-corrected chi connectivity index (χ2v) is 28.9. The minimum Gasteiger partial charge on any atom is -0.0622 e. The minimum absolute atomic E-state index is 0.128. The van der Waals surface area contributed by atoms with Crippen LogP contribution in [0.4, 0.5) is 0 Å². The molecule has 0 saturated heterocycles. The van der Waals surface area contributed by atoms with Gasteiger partial charge in [0.2, 0.25) is 0 Å². The van der Waals surface area contributed by atoms with Gasteiger partial charge >= 0.3 is 0 Å². The van der Waals surface area contributed by atoms with Crippen LogP contribution >= 0.6 is 0 Å². The van der Waals surface area contributed by atoms with Crippen molar-refractivity contribution in [3.8, 4) is 111 Å². The van der Waals surface area contributed by atoms with Gasteiger partial charge < -0.3 is 0 Å². The zero-order chi connectivity index (χ0) is 59.3. The third-order valence-electron chi connectivity index (χ3n) is 19.0. The normalized spacial score (nSPS) is 12.9. The number of rotatable bonds is 6. The van der Waals surface area contributed by atoms with Crippen molar-refractivity contribution in [3.05, 3.63) is 253 Å². The predicted octanol–water partition coefficient (Wildman–Crippen LogP) is 24.8. The van der Waals surface area contributed by atoms with E-state index in [4.69, 9.17) is 0 Å². The molecule has 0 unspecified atom stereocenters. The van der Waals surface area contributed by atoms with E-state index in [9.17, 15) is 0 Å². The standard InChI is InChI=1S/C86H74/c1-83(2,3)65-41-63(42-66(49-65)84(4,5)6)75-73(59-35-23-33-53(37-59)51-25-15-13-16-26-51)77-71-47-61-39-55-29-19-20-30-56(55)40-62(61)48-72(71)78-74(60-36-24-34-54(38-60)52-27-17-14-18-28-52)76(64-43-67(85(7,8)9)50-68(44-64)86(10,11)12)80-70-46-58-32-22-21-31-57(58)45-69(70)79(75)82(80)81(77)78/h13-50H,1-12H3. The highest BCUT2D eigenvalue weighted by Crippen LogP contribution is 2.68. The molecule has 0 heteroatoms. The van der Waals surface area contributed by atoms with Crippen molar-refractivity contribution in [3.63, 3.8) is 0 Å². The smallest absolute Gasteiger partial charge is 0.0000476 e. The Bertz CT molecular complexity index is 4600. The Morgan fingerprint density at radius 1 is 0.174 bits per heavy atom. The number of fused-ring (bicyclic) bond motifs is 9. The van der Waals surface area contributed by atoms with E-state index >= 15 is 0 Å². The molecular formula is C86H74. The van der Waals surface area contributed by atoms with E-state index in [2.05, 4.69) is 314 Å². The van der Waals surface area contributed by atoms with Gasteiger partial charge in [0, 0.05) is 0 Å². The maximum atomic E-state index is 2.58. The van der Waals surface area contributed by atoms with Crippen LogP contribution in [0.5, 0.6) is 0 Å². The molecule has 0 fully saturated rings. The summed E-state index contributed by atoms with van der Waals surface area (Å²) >= 11 is 0. The molecule has 0 N–H and O–H groups in total. The van der Waals surface area contributed by atoms with Crippen molar-refractivity contribution in [2.75, 3.05) is 0 Å². The quantitative estimate of drug-likeness (QED) is 0.146. The molecule has 13 aromatic carbocycles. The lowest BCUT2D eigenvalue weighted by Crippen LogP contribution is -2.16. The summed E-state index contributed by atoms with van der Waals surface area (Å²) in [5.74, 6) is 0. The van der Waals surface area contributed by atoms with Crippen molar-refractivity contribution in [1.29, 1.82) is 0 Å². The van der Waals surface area contributed by atoms with Crippen LogP contribution in [0, 0.1) is 0 Å². The van der Waals surface area contributed by atoms with Crippen LogP contribution in [0.15, 0.2) is 231 Å². The summed E-state index contributed by atoms with van der Waals surface area (Å²) in [6.45, 7) is 28.6. The van der Waals surface area contributed by atoms with Crippen LogP contribution < -0.4 is 0 Å². The Morgan fingerprint density at radius 2 is 0.430 bits per heavy atom. The van der Waals surface area contributed by atoms with Crippen LogP contribution in [-0.4, -0.2) is 0 Å². The van der Waals surface area contributed by atoms with Crippen molar-refractivity contribution >= 4 is 43.1 Å². The SMILES string of the molecule is CC(C)(C)c1cc(-c2c(-c3cccc(-c4ccccc4)c3)c3c4c(c(-c5cccc(-c6ccccc6)c5)c(-c5cc(C(C)(C)C)cc(C(C)(C)C)c5)c5c4c2-c2cc4ccccc4cc2-5)-c2cc4cc5ccccc5cc4cc2-3)cc(C(C)(C)C)c1. The topological polar surface area (TPSA) is 0 Å². The fourth-order valence-corrected chi connectivity index (χ4v) is 14.3. The Kier molecular flexibility index (Phi) is 12.0. The fraction of sp³-hybridized carbons (Fsp3) is 0.186. The molecule has 2 aliphatic carbocycles. The van der Waals surface area contributed by atoms with Crippen LogP contribution in [0.3, 0.4) is 0 Å². The second-order valence-electron chi connectivity index (χ2n) is 28.9. The monoisotopic (exact) mass is 1110 g/mol. The summed E-state index contributed by atoms with van der Waals surface area (Å²) in [7, 11) is 0. The van der Waals surface area contributed by atoms with Crippen LogP contribution in [0.1, 0.15) is 105 Å². The van der Waals surface area contributed by atoms with E-state index < -0.39 is 0 Å². The molecule has 0 amide bonds. The van der Waals surface area contributed by atoms with Crippen molar-refractivity contribution < 1.29 is 0 Å². The van der Waals surface area contributed by atoms with Gasteiger partial charge in [-0.15, -0.1) is 0 Å². The Hall–Kier alpha value is -9.10. The first-order valence-electron chi connectivity index (χ1n) is 31.0. The molecule has 0 aromatic heterocycles. The van der Waals surface area contributed by atoms with Crippen LogP contribution in [0.2, 0.25) is 0 Å². The highest BCUT2D eigenvalue weighted by Gasteiger charge is 2.41. The first-order valence-corrected chi connectivity index (χ1v) is 31.0. The van der Waals surface area contributed by atoms with E-state index in [0.29, 0.717) is 0 Å². The lowest BCUT2D eigenvalue weighted by atomic mass is 9.75. The third-order valence-corrected chi connectivity index (χ3v) is 19.0. The van der Waals surface area contributed by atoms with E-state index in [1.54, 1.807) is 0 Å². The van der Waals surface area contributed by atoms with E-state index in [-0.39, 0.29) is 21.7 Å². The molecule has 0 heterocycles. The molecule has 418 valence electrons. The Morgan fingerprint density at radius 3 is 0.744 bits per heavy atom. The Balaban J connectivity index is 1.25. The summed E-state index contributed by atoms with van der Waals surface area (Å²) in [6.07, 6.45) is 0. The molecule has 0 atom stereocenters. The molecule has 0 aliphatic heterocycles. The average molecular weight is 1110 g/mol. The largest absolute Gasteiger partial charge is 0.0622 e. The van der Waals surface area contributed by atoms with E-state index in [1.165, 1.54) is 177 Å². The number of benzene rings is 13. The zero-order valence-corrected chi connectivity index (χ0v) is 51.9. The van der Waals surface area contributed by atoms with Crippen LogP contribution in [0.25, 0.3) is 154 Å². The Labute approximate surface area is 508 Å². The van der Waals surface area contributed by atoms with Gasteiger partial charge in [-0.1, -0.05) is 265 Å². The highest BCUT2D eigenvalue weighted by molar-refractivity contribution is 6.38. The van der Waals surface area contributed by atoms with Gasteiger partial charge in [-0.25, -0.2) is 0 Å². The zero-order valence-electron chi connectivity index (χ0n) is 51.9. The van der Waals surface area contributed by atoms with Gasteiger partial charge in [0.1, 0.15) is 0 Å². The lowest BCUT2D eigenvalue weighted by molar-refractivity contribution is 0.568. The third kappa shape index (κ3) is 8.69. The first-order chi connectivity index (χ1) is 41.2. The highest BCUT2D eigenvalue weighted by atomic mass is 14.4. The van der Waals surface area contributed by atoms with Crippen molar-refractivity contribution in [1.82, 2.24) is 0 Å². The van der Waals surface area contributed by atoms with Crippen molar-refractivity contribution in [2.24, 2.45) is 0 Å². The van der Waals surface area contributed by atoms with Gasteiger partial charge in [0.15, 0.2) is 0 Å². The minimum atomic E-state index is -0.128. The summed E-state index contributed by atoms with van der Waals surface area (Å²) in [4.78, 5) is 0. The molecule has 0 spiro atoms. The molecule has 0 saturated carbocycles. The molecule has 0 bridgehead atoms. The maximum absolute atomic E-state index is 2.58. The van der Waals surface area contributed by atoms with Crippen LogP contribution in [-0.2, 0) is 21.7 Å². The van der Waals surface area contributed by atoms with Crippen molar-refractivity contribution in [2.45, 2.75) is 105 Å². The molecule has 86 heavy (non-hydrogen) atoms. The maximum Gasteiger partial charge on any atom is -0.0000476 e. The first kappa shape index (κ1) is 53.6. The van der Waals surface area contributed by atoms with E-state index in [1.807, 2.05) is 0 Å². The molecule has 15 rings (SSSR count). The lowest BCUT2D eigenvalue weighted by Gasteiger charge is -2.29. The van der Waals surface area contributed by atoms with Gasteiger partial charge in [-0.3, -0.25) is 0 Å². The van der Waals surface area contributed by atoms with Gasteiger partial charge in [0.25, 0.3) is 0 Å².